The number of nitrogens with zero attached hydrogens (tertiary/aromatic N) is 3. The van der Waals surface area contributed by atoms with Gasteiger partial charge in [-0.2, -0.15) is 5.10 Å². The van der Waals surface area contributed by atoms with Crippen molar-refractivity contribution in [2.75, 3.05) is 32.1 Å². The van der Waals surface area contributed by atoms with Crippen molar-refractivity contribution < 1.29 is 9.53 Å². The number of hydrogen-bond acceptors (Lipinski definition) is 3. The minimum absolute atomic E-state index is 0.0249. The topological polar surface area (TPSA) is 59.4 Å². The second-order valence-corrected chi connectivity index (χ2v) is 7.45. The fraction of sp³-hybridized carbons (Fsp3) is 0.765. The lowest BCUT2D eigenvalue weighted by molar-refractivity contribution is 0.0452. The number of anilines is 1. The van der Waals surface area contributed by atoms with Crippen LogP contribution in [0.15, 0.2) is 12.4 Å². The number of nitrogens with one attached hydrogen (secondary N) is 1. The monoisotopic (exact) mass is 320 g/mol. The molecule has 0 bridgehead atoms. The number of likely N-dealkylation sites (tertiary alicyclic amines) is 1. The maximum Gasteiger partial charge on any atom is 0.321 e. The Morgan fingerprint density at radius 3 is 2.78 bits per heavy atom. The van der Waals surface area contributed by atoms with Crippen LogP contribution in [0.2, 0.25) is 0 Å². The van der Waals surface area contributed by atoms with Crippen LogP contribution in [0.5, 0.6) is 0 Å². The van der Waals surface area contributed by atoms with Crippen molar-refractivity contribution in [3.8, 4) is 0 Å². The molecule has 1 aromatic rings. The van der Waals surface area contributed by atoms with Crippen LogP contribution in [-0.4, -0.2) is 47.5 Å². The van der Waals surface area contributed by atoms with Crippen molar-refractivity contribution in [2.24, 2.45) is 11.3 Å². The summed E-state index contributed by atoms with van der Waals surface area (Å²) in [7, 11) is 1.74. The molecule has 0 spiro atoms. The number of carbonyl (C=O) groups excluding carboxylic acids is 1. The molecule has 6 nitrogen and oxygen atoms in total. The highest BCUT2D eigenvalue weighted by molar-refractivity contribution is 5.89. The van der Waals surface area contributed by atoms with Crippen LogP contribution < -0.4 is 5.32 Å². The van der Waals surface area contributed by atoms with E-state index in [0.29, 0.717) is 6.04 Å². The lowest BCUT2D eigenvalue weighted by Crippen LogP contribution is -2.45. The number of aromatic nitrogens is 2. The lowest BCUT2D eigenvalue weighted by Gasteiger charge is -2.38. The summed E-state index contributed by atoms with van der Waals surface area (Å²) < 4.78 is 7.27. The zero-order chi connectivity index (χ0) is 16.4. The first-order valence-corrected chi connectivity index (χ1v) is 8.60. The Kier molecular flexibility index (Phi) is 4.62. The first-order chi connectivity index (χ1) is 11.0. The number of carbonyl (C=O) groups is 1. The van der Waals surface area contributed by atoms with E-state index < -0.39 is 0 Å². The van der Waals surface area contributed by atoms with Crippen LogP contribution in [0.4, 0.5) is 10.5 Å². The van der Waals surface area contributed by atoms with E-state index >= 15 is 0 Å². The third-order valence-corrected chi connectivity index (χ3v) is 5.32. The fourth-order valence-electron chi connectivity index (χ4n) is 3.36. The van der Waals surface area contributed by atoms with Gasteiger partial charge in [-0.05, 0) is 43.9 Å². The van der Waals surface area contributed by atoms with Crippen LogP contribution in [-0.2, 0) is 4.74 Å². The summed E-state index contributed by atoms with van der Waals surface area (Å²) in [5.74, 6) is 0.749. The number of methoxy groups -OCH3 is 1. The normalized spacial score (nSPS) is 22.0. The van der Waals surface area contributed by atoms with Gasteiger partial charge in [-0.1, -0.05) is 6.92 Å². The molecule has 0 radical (unpaired) electrons. The van der Waals surface area contributed by atoms with Crippen LogP contribution >= 0.6 is 0 Å². The number of piperidine rings is 1. The van der Waals surface area contributed by atoms with Gasteiger partial charge in [0.1, 0.15) is 0 Å². The van der Waals surface area contributed by atoms with E-state index in [4.69, 9.17) is 4.74 Å². The van der Waals surface area contributed by atoms with Crippen LogP contribution in [0.3, 0.4) is 0 Å². The van der Waals surface area contributed by atoms with Crippen molar-refractivity contribution >= 4 is 11.7 Å². The van der Waals surface area contributed by atoms with Crippen molar-refractivity contribution in [3.05, 3.63) is 12.4 Å². The van der Waals surface area contributed by atoms with E-state index in [2.05, 4.69) is 24.3 Å². The Morgan fingerprint density at radius 2 is 2.17 bits per heavy atom. The number of ether oxygens (including phenoxy) is 1. The first kappa shape index (κ1) is 16.3. The Hall–Kier alpha value is -1.56. The van der Waals surface area contributed by atoms with Gasteiger partial charge in [0, 0.05) is 26.4 Å². The molecule has 1 saturated carbocycles. The molecular formula is C17H28N4O2. The fourth-order valence-corrected chi connectivity index (χ4v) is 3.36. The van der Waals surface area contributed by atoms with E-state index in [9.17, 15) is 4.79 Å². The molecule has 2 heterocycles. The molecule has 23 heavy (non-hydrogen) atoms. The van der Waals surface area contributed by atoms with E-state index in [-0.39, 0.29) is 11.4 Å². The maximum absolute atomic E-state index is 12.4. The maximum atomic E-state index is 12.4. The van der Waals surface area contributed by atoms with E-state index in [1.165, 1.54) is 12.8 Å². The van der Waals surface area contributed by atoms with Gasteiger partial charge in [0.15, 0.2) is 0 Å². The van der Waals surface area contributed by atoms with Gasteiger partial charge in [0.25, 0.3) is 0 Å². The lowest BCUT2D eigenvalue weighted by atomic mass is 9.81. The molecule has 1 saturated heterocycles. The second kappa shape index (κ2) is 6.51. The number of rotatable bonds is 5. The minimum Gasteiger partial charge on any atom is -0.384 e. The molecule has 2 aliphatic rings. The third-order valence-electron chi connectivity index (χ3n) is 5.32. The number of hydrogen-bond donors (Lipinski definition) is 1. The van der Waals surface area contributed by atoms with Gasteiger partial charge in [0.2, 0.25) is 0 Å². The molecule has 1 aromatic heterocycles. The van der Waals surface area contributed by atoms with Gasteiger partial charge in [-0.25, -0.2) is 4.79 Å². The Bertz CT molecular complexity index is 545. The summed E-state index contributed by atoms with van der Waals surface area (Å²) in [5, 5.41) is 7.37. The van der Waals surface area contributed by atoms with Gasteiger partial charge in [-0.15, -0.1) is 0 Å². The zero-order valence-corrected chi connectivity index (χ0v) is 14.4. The molecule has 1 N–H and O–H groups in total. The van der Waals surface area contributed by atoms with E-state index in [1.807, 2.05) is 15.8 Å². The molecule has 2 fully saturated rings. The van der Waals surface area contributed by atoms with E-state index in [1.54, 1.807) is 13.3 Å². The van der Waals surface area contributed by atoms with E-state index in [0.717, 1.165) is 44.1 Å². The number of amides is 2. The average molecular weight is 320 g/mol. The van der Waals surface area contributed by atoms with Gasteiger partial charge in [0.05, 0.1) is 24.5 Å². The Morgan fingerprint density at radius 1 is 1.48 bits per heavy atom. The van der Waals surface area contributed by atoms with Crippen molar-refractivity contribution in [2.45, 2.75) is 45.6 Å². The van der Waals surface area contributed by atoms with Crippen LogP contribution in [0.25, 0.3) is 0 Å². The molecule has 6 heteroatoms. The summed E-state index contributed by atoms with van der Waals surface area (Å²) in [6, 6.07) is 0.397. The molecule has 1 aliphatic heterocycles. The van der Waals surface area contributed by atoms with Gasteiger partial charge < -0.3 is 15.0 Å². The molecule has 2 amide bonds. The highest BCUT2D eigenvalue weighted by Gasteiger charge is 2.32. The smallest absolute Gasteiger partial charge is 0.321 e. The predicted molar refractivity (Wildman–Crippen MR) is 89.5 cm³/mol. The predicted octanol–water partition coefficient (Wildman–Crippen LogP) is 3.13. The Balaban J connectivity index is 1.51. The number of urea groups is 1. The first-order valence-electron chi connectivity index (χ1n) is 8.60. The molecule has 1 unspecified atom stereocenters. The molecule has 128 valence electrons. The Labute approximate surface area is 138 Å². The van der Waals surface area contributed by atoms with Gasteiger partial charge in [-0.3, -0.25) is 4.68 Å². The third kappa shape index (κ3) is 3.86. The molecular weight excluding hydrogens is 292 g/mol. The standard InChI is InChI=1S/C17H28N4O2/c1-13(14-4-5-14)21-11-15(10-18-21)19-16(22)20-8-6-17(2,7-9-20)12-23-3/h10-11,13-14H,4-9,12H2,1-3H3,(H,19,22). The summed E-state index contributed by atoms with van der Waals surface area (Å²) in [5.41, 5.74) is 0.976. The van der Waals surface area contributed by atoms with Crippen molar-refractivity contribution in [1.29, 1.82) is 0 Å². The van der Waals surface area contributed by atoms with Gasteiger partial charge >= 0.3 is 6.03 Å². The van der Waals surface area contributed by atoms with Crippen molar-refractivity contribution in [1.82, 2.24) is 14.7 Å². The SMILES string of the molecule is COCC1(C)CCN(C(=O)Nc2cnn(C(C)C3CC3)c2)CC1. The average Bonchev–Trinajstić information content (AvgIpc) is 3.27. The quantitative estimate of drug-likeness (QED) is 0.906. The molecule has 3 rings (SSSR count). The summed E-state index contributed by atoms with van der Waals surface area (Å²) in [4.78, 5) is 14.3. The highest BCUT2D eigenvalue weighted by Crippen LogP contribution is 2.39. The largest absolute Gasteiger partial charge is 0.384 e. The van der Waals surface area contributed by atoms with Crippen LogP contribution in [0.1, 0.15) is 45.6 Å². The highest BCUT2D eigenvalue weighted by atomic mass is 16.5. The zero-order valence-electron chi connectivity index (χ0n) is 14.4. The van der Waals surface area contributed by atoms with Crippen LogP contribution in [0, 0.1) is 11.3 Å². The summed E-state index contributed by atoms with van der Waals surface area (Å²) in [6.07, 6.45) is 8.22. The summed E-state index contributed by atoms with van der Waals surface area (Å²) >= 11 is 0. The minimum atomic E-state index is -0.0249. The summed E-state index contributed by atoms with van der Waals surface area (Å²) in [6.45, 7) is 6.73. The molecule has 0 aromatic carbocycles. The molecule has 1 atom stereocenters. The van der Waals surface area contributed by atoms with Crippen molar-refractivity contribution in [3.63, 3.8) is 0 Å². The second-order valence-electron chi connectivity index (χ2n) is 7.45. The molecule has 1 aliphatic carbocycles.